The number of carbonyl (C=O) groups excluding carboxylic acids is 3. The Hall–Kier alpha value is -3.30. The first kappa shape index (κ1) is 22.4. The van der Waals surface area contributed by atoms with Crippen molar-refractivity contribution in [2.45, 2.75) is 50.6 Å². The molecule has 3 rings (SSSR count). The van der Waals surface area contributed by atoms with Gasteiger partial charge in [-0.1, -0.05) is 12.1 Å². The molecular weight excluding hydrogens is 400 g/mol. The third kappa shape index (κ3) is 5.65. The van der Waals surface area contributed by atoms with Gasteiger partial charge in [0.05, 0.1) is 0 Å². The van der Waals surface area contributed by atoms with Crippen LogP contribution in [0.3, 0.4) is 0 Å². The third-order valence-corrected chi connectivity index (χ3v) is 6.21. The van der Waals surface area contributed by atoms with Gasteiger partial charge in [0.1, 0.15) is 17.8 Å². The maximum atomic E-state index is 12.9. The fourth-order valence-corrected chi connectivity index (χ4v) is 4.29. The van der Waals surface area contributed by atoms with Gasteiger partial charge in [-0.3, -0.25) is 19.8 Å². The average Bonchev–Trinajstić information content (AvgIpc) is 3.47. The third-order valence-electron chi connectivity index (χ3n) is 6.21. The van der Waals surface area contributed by atoms with Crippen molar-refractivity contribution in [1.82, 2.24) is 16.0 Å². The Balaban J connectivity index is 1.58. The molecule has 10 heteroatoms. The maximum absolute atomic E-state index is 12.9. The first-order valence-electron chi connectivity index (χ1n) is 10.5. The van der Waals surface area contributed by atoms with Gasteiger partial charge in [-0.25, -0.2) is 0 Å². The van der Waals surface area contributed by atoms with E-state index in [1.807, 2.05) is 0 Å². The number of carbonyl (C=O) groups is 3. The van der Waals surface area contributed by atoms with Crippen LogP contribution >= 0.6 is 0 Å². The van der Waals surface area contributed by atoms with E-state index in [2.05, 4.69) is 16.0 Å². The summed E-state index contributed by atoms with van der Waals surface area (Å²) < 4.78 is 0. The van der Waals surface area contributed by atoms with E-state index in [1.54, 1.807) is 24.3 Å². The zero-order chi connectivity index (χ0) is 22.6. The molecule has 1 saturated heterocycles. The highest BCUT2D eigenvalue weighted by molar-refractivity contribution is 5.93. The van der Waals surface area contributed by atoms with E-state index in [0.29, 0.717) is 32.2 Å². The van der Waals surface area contributed by atoms with Gasteiger partial charge in [0, 0.05) is 12.5 Å². The van der Waals surface area contributed by atoms with Crippen molar-refractivity contribution in [3.8, 4) is 5.75 Å². The minimum Gasteiger partial charge on any atom is -0.508 e. The smallest absolute Gasteiger partial charge is 0.243 e. The highest BCUT2D eigenvalue weighted by Crippen LogP contribution is 2.58. The lowest BCUT2D eigenvalue weighted by Gasteiger charge is -2.36. The highest BCUT2D eigenvalue weighted by atomic mass is 16.3. The lowest BCUT2D eigenvalue weighted by Crippen LogP contribution is -2.58. The molecule has 1 saturated carbocycles. The van der Waals surface area contributed by atoms with Crippen molar-refractivity contribution >= 4 is 23.7 Å². The molecule has 1 spiro atoms. The number of piperidine rings is 1. The molecule has 0 bridgehead atoms. The van der Waals surface area contributed by atoms with Crippen molar-refractivity contribution < 1.29 is 19.5 Å². The summed E-state index contributed by atoms with van der Waals surface area (Å²) >= 11 is 0. The fraction of sp³-hybridized carbons (Fsp3) is 0.524. The summed E-state index contributed by atoms with van der Waals surface area (Å²) in [5, 5.41) is 24.7. The predicted octanol–water partition coefficient (Wildman–Crippen LogP) is -0.547. The second-order valence-electron chi connectivity index (χ2n) is 8.50. The molecule has 10 nitrogen and oxygen atoms in total. The lowest BCUT2D eigenvalue weighted by molar-refractivity contribution is -0.138. The number of nitrogens with two attached hydrogens (primary N) is 2. The molecule has 168 valence electrons. The molecule has 1 heterocycles. The summed E-state index contributed by atoms with van der Waals surface area (Å²) in [7, 11) is 0. The van der Waals surface area contributed by atoms with Crippen LogP contribution in [0.15, 0.2) is 24.3 Å². The molecule has 2 aliphatic rings. The Bertz CT molecular complexity index is 852. The van der Waals surface area contributed by atoms with Crippen molar-refractivity contribution in [3.05, 3.63) is 29.8 Å². The van der Waals surface area contributed by atoms with Crippen LogP contribution in [0.1, 0.15) is 37.7 Å². The van der Waals surface area contributed by atoms with Crippen molar-refractivity contribution in [1.29, 1.82) is 5.41 Å². The van der Waals surface area contributed by atoms with Crippen molar-refractivity contribution in [3.63, 3.8) is 0 Å². The van der Waals surface area contributed by atoms with Gasteiger partial charge in [-0.2, -0.15) is 0 Å². The number of aromatic hydroxyl groups is 1. The highest BCUT2D eigenvalue weighted by Gasteiger charge is 2.57. The number of primary amides is 1. The van der Waals surface area contributed by atoms with Crippen LogP contribution in [-0.2, 0) is 20.8 Å². The van der Waals surface area contributed by atoms with E-state index < -0.39 is 23.9 Å². The van der Waals surface area contributed by atoms with Gasteiger partial charge >= 0.3 is 0 Å². The maximum Gasteiger partial charge on any atom is 0.243 e. The van der Waals surface area contributed by atoms with Gasteiger partial charge in [0.15, 0.2) is 5.96 Å². The predicted molar refractivity (Wildman–Crippen MR) is 114 cm³/mol. The standard InChI is InChI=1S/C21H30N6O4/c22-17(29)15(2-1-9-25-20(23)24)26-19(31)16-11-21(7-8-21)14(18(30)27-16)10-12-3-5-13(28)6-4-12/h3-6,14-16,28H,1-2,7-11H2,(H2,22,29)(H,26,31)(H,27,30)(H4,23,24,25)/t14-,15+,16-/m1/s1. The zero-order valence-electron chi connectivity index (χ0n) is 17.3. The number of guanidine groups is 1. The minimum atomic E-state index is -0.858. The SMILES string of the molecule is N=C(N)NCCC[C@H](NC(=O)[C@H]1CC2(CC2)[C@H](Cc2ccc(O)cc2)C(=O)N1)C(N)=O. The van der Waals surface area contributed by atoms with Gasteiger partial charge < -0.3 is 32.5 Å². The largest absolute Gasteiger partial charge is 0.508 e. The number of phenols is 1. The summed E-state index contributed by atoms with van der Waals surface area (Å²) in [6.45, 7) is 0.386. The molecule has 0 aromatic heterocycles. The number of nitrogens with one attached hydrogen (secondary N) is 4. The van der Waals surface area contributed by atoms with Crippen LogP contribution in [0.2, 0.25) is 0 Å². The van der Waals surface area contributed by atoms with Crippen LogP contribution in [0.5, 0.6) is 5.75 Å². The zero-order valence-corrected chi connectivity index (χ0v) is 17.3. The Morgan fingerprint density at radius 2 is 1.94 bits per heavy atom. The fourth-order valence-electron chi connectivity index (χ4n) is 4.29. The van der Waals surface area contributed by atoms with E-state index in [0.717, 1.165) is 18.4 Å². The molecule has 3 atom stereocenters. The first-order chi connectivity index (χ1) is 14.7. The first-order valence-corrected chi connectivity index (χ1v) is 10.5. The molecule has 0 radical (unpaired) electrons. The average molecular weight is 431 g/mol. The molecule has 3 amide bonds. The van der Waals surface area contributed by atoms with Crippen LogP contribution in [-0.4, -0.2) is 47.4 Å². The number of benzene rings is 1. The topological polar surface area (TPSA) is 183 Å². The Morgan fingerprint density at radius 1 is 1.26 bits per heavy atom. The number of hydrogen-bond donors (Lipinski definition) is 7. The van der Waals surface area contributed by atoms with Crippen LogP contribution < -0.4 is 27.4 Å². The normalized spacial score (nSPS) is 22.3. The second kappa shape index (κ2) is 9.23. The molecule has 1 aromatic carbocycles. The summed E-state index contributed by atoms with van der Waals surface area (Å²) in [5.41, 5.74) is 11.4. The van der Waals surface area contributed by atoms with Crippen LogP contribution in [0, 0.1) is 16.7 Å². The van der Waals surface area contributed by atoms with E-state index in [1.165, 1.54) is 0 Å². The summed E-state index contributed by atoms with van der Waals surface area (Å²) in [5.74, 6) is -1.45. The Kier molecular flexibility index (Phi) is 6.67. The molecule has 1 aliphatic carbocycles. The Labute approximate surface area is 180 Å². The quantitative estimate of drug-likeness (QED) is 0.157. The Morgan fingerprint density at radius 3 is 2.52 bits per heavy atom. The van der Waals surface area contributed by atoms with Gasteiger partial charge in [0.25, 0.3) is 0 Å². The summed E-state index contributed by atoms with van der Waals surface area (Å²) in [4.78, 5) is 37.4. The number of hydrogen-bond acceptors (Lipinski definition) is 5. The molecule has 1 aliphatic heterocycles. The van der Waals surface area contributed by atoms with E-state index in [4.69, 9.17) is 16.9 Å². The number of phenolic OH excluding ortho intramolecular Hbond substituents is 1. The van der Waals surface area contributed by atoms with Gasteiger partial charge in [0.2, 0.25) is 17.7 Å². The van der Waals surface area contributed by atoms with E-state index in [-0.39, 0.29) is 28.9 Å². The van der Waals surface area contributed by atoms with E-state index in [9.17, 15) is 19.5 Å². The summed E-state index contributed by atoms with van der Waals surface area (Å²) in [6, 6.07) is 5.24. The summed E-state index contributed by atoms with van der Waals surface area (Å²) in [6.07, 6.45) is 3.61. The van der Waals surface area contributed by atoms with Crippen molar-refractivity contribution in [2.24, 2.45) is 22.8 Å². The molecule has 1 aromatic rings. The number of rotatable bonds is 9. The molecule has 9 N–H and O–H groups in total. The molecule has 0 unspecified atom stereocenters. The second-order valence-corrected chi connectivity index (χ2v) is 8.50. The van der Waals surface area contributed by atoms with Crippen LogP contribution in [0.25, 0.3) is 0 Å². The molecule has 31 heavy (non-hydrogen) atoms. The van der Waals surface area contributed by atoms with E-state index >= 15 is 0 Å². The lowest BCUT2D eigenvalue weighted by atomic mass is 9.76. The van der Waals surface area contributed by atoms with Crippen LogP contribution in [0.4, 0.5) is 0 Å². The monoisotopic (exact) mass is 430 g/mol. The van der Waals surface area contributed by atoms with Gasteiger partial charge in [-0.05, 0) is 61.6 Å². The molecular formula is C21H30N6O4. The number of amides is 3. The molecule has 2 fully saturated rings. The van der Waals surface area contributed by atoms with Gasteiger partial charge in [-0.15, -0.1) is 0 Å². The minimum absolute atomic E-state index is 0.166. The van der Waals surface area contributed by atoms with Crippen molar-refractivity contribution in [2.75, 3.05) is 6.54 Å².